The van der Waals surface area contributed by atoms with Crippen molar-refractivity contribution in [3.63, 3.8) is 0 Å². The van der Waals surface area contributed by atoms with Gasteiger partial charge in [-0.25, -0.2) is 0 Å². The molecule has 0 aromatic heterocycles. The number of hydrogen-bond donors (Lipinski definition) is 0. The molecule has 0 rings (SSSR count). The highest BCUT2D eigenvalue weighted by Crippen LogP contribution is 2.51. The standard InChI is InChI=1S/C17H33F3/c1-9-15(7,12(2)3)11-10-14(6)16(8,13(4)5)17(18,19)20/h12-14H,9-11H2,1-8H3. The molecule has 0 fully saturated rings. The summed E-state index contributed by atoms with van der Waals surface area (Å²) >= 11 is 0. The predicted octanol–water partition coefficient (Wildman–Crippen LogP) is 6.70. The average Bonchev–Trinajstić information content (AvgIpc) is 2.32. The SMILES string of the molecule is CCC(C)(CCC(C)C(C)(C(C)C)C(F)(F)F)C(C)C. The monoisotopic (exact) mass is 294 g/mol. The third kappa shape index (κ3) is 3.92. The predicted molar refractivity (Wildman–Crippen MR) is 80.6 cm³/mol. The molecule has 0 saturated carbocycles. The lowest BCUT2D eigenvalue weighted by atomic mass is 9.64. The first kappa shape index (κ1) is 19.8. The first-order valence-electron chi connectivity index (χ1n) is 7.89. The van der Waals surface area contributed by atoms with Gasteiger partial charge in [-0.1, -0.05) is 61.8 Å². The Kier molecular flexibility index (Phi) is 6.63. The number of hydrogen-bond acceptors (Lipinski definition) is 0. The van der Waals surface area contributed by atoms with Gasteiger partial charge in [0.25, 0.3) is 0 Å². The Morgan fingerprint density at radius 1 is 0.850 bits per heavy atom. The fourth-order valence-corrected chi connectivity index (χ4v) is 2.90. The van der Waals surface area contributed by atoms with Crippen molar-refractivity contribution in [2.45, 2.75) is 80.8 Å². The third-order valence-corrected chi connectivity index (χ3v) is 6.18. The summed E-state index contributed by atoms with van der Waals surface area (Å²) in [6, 6.07) is 0. The molecule has 0 heterocycles. The third-order valence-electron chi connectivity index (χ3n) is 6.18. The molecule has 0 amide bonds. The van der Waals surface area contributed by atoms with Gasteiger partial charge in [-0.3, -0.25) is 0 Å². The highest BCUT2D eigenvalue weighted by Gasteiger charge is 2.55. The first-order valence-corrected chi connectivity index (χ1v) is 7.89. The van der Waals surface area contributed by atoms with Crippen molar-refractivity contribution in [2.24, 2.45) is 28.6 Å². The Morgan fingerprint density at radius 2 is 1.30 bits per heavy atom. The molecule has 0 saturated heterocycles. The van der Waals surface area contributed by atoms with Crippen LogP contribution in [0, 0.1) is 28.6 Å². The molecule has 3 atom stereocenters. The minimum atomic E-state index is -4.14. The van der Waals surface area contributed by atoms with Gasteiger partial charge in [-0.15, -0.1) is 0 Å². The maximum Gasteiger partial charge on any atom is 0.394 e. The molecule has 0 spiro atoms. The largest absolute Gasteiger partial charge is 0.394 e. The highest BCUT2D eigenvalue weighted by molar-refractivity contribution is 4.90. The van der Waals surface area contributed by atoms with Gasteiger partial charge in [0.1, 0.15) is 0 Å². The van der Waals surface area contributed by atoms with Gasteiger partial charge in [0.05, 0.1) is 5.41 Å². The Balaban J connectivity index is 5.03. The van der Waals surface area contributed by atoms with E-state index in [9.17, 15) is 13.2 Å². The zero-order valence-corrected chi connectivity index (χ0v) is 14.5. The summed E-state index contributed by atoms with van der Waals surface area (Å²) in [6.07, 6.45) is -1.62. The van der Waals surface area contributed by atoms with Crippen molar-refractivity contribution in [3.8, 4) is 0 Å². The molecule has 0 radical (unpaired) electrons. The van der Waals surface area contributed by atoms with E-state index in [1.165, 1.54) is 6.92 Å². The molecule has 0 nitrogen and oxygen atoms in total. The van der Waals surface area contributed by atoms with Crippen LogP contribution in [0.25, 0.3) is 0 Å². The highest BCUT2D eigenvalue weighted by atomic mass is 19.4. The fourth-order valence-electron chi connectivity index (χ4n) is 2.90. The number of alkyl halides is 3. The molecule has 0 aromatic carbocycles. The van der Waals surface area contributed by atoms with Crippen LogP contribution < -0.4 is 0 Å². The van der Waals surface area contributed by atoms with Crippen LogP contribution in [0.4, 0.5) is 13.2 Å². The van der Waals surface area contributed by atoms with Crippen LogP contribution >= 0.6 is 0 Å². The van der Waals surface area contributed by atoms with Crippen LogP contribution in [0.2, 0.25) is 0 Å². The van der Waals surface area contributed by atoms with Crippen LogP contribution in [0.15, 0.2) is 0 Å². The molecule has 0 aliphatic carbocycles. The van der Waals surface area contributed by atoms with E-state index in [1.807, 2.05) is 0 Å². The Bertz CT molecular complexity index is 293. The molecule has 0 bridgehead atoms. The van der Waals surface area contributed by atoms with Crippen LogP contribution in [-0.2, 0) is 0 Å². The Hall–Kier alpha value is -0.210. The lowest BCUT2D eigenvalue weighted by Crippen LogP contribution is -2.45. The van der Waals surface area contributed by atoms with Crippen LogP contribution in [0.1, 0.15) is 74.7 Å². The molecule has 3 unspecified atom stereocenters. The van der Waals surface area contributed by atoms with Gasteiger partial charge in [0.15, 0.2) is 0 Å². The Labute approximate surface area is 123 Å². The van der Waals surface area contributed by atoms with Gasteiger partial charge in [0.2, 0.25) is 0 Å². The molecular weight excluding hydrogens is 261 g/mol. The van der Waals surface area contributed by atoms with E-state index in [4.69, 9.17) is 0 Å². The molecular formula is C17H33F3. The number of halogens is 3. The van der Waals surface area contributed by atoms with Crippen LogP contribution in [-0.4, -0.2) is 6.18 Å². The molecule has 0 aliphatic rings. The van der Waals surface area contributed by atoms with Gasteiger partial charge in [0, 0.05) is 0 Å². The topological polar surface area (TPSA) is 0 Å². The minimum Gasteiger partial charge on any atom is -0.170 e. The quantitative estimate of drug-likeness (QED) is 0.490. The molecule has 0 aliphatic heterocycles. The van der Waals surface area contributed by atoms with Crippen molar-refractivity contribution < 1.29 is 13.2 Å². The van der Waals surface area contributed by atoms with Crippen LogP contribution in [0.3, 0.4) is 0 Å². The van der Waals surface area contributed by atoms with Gasteiger partial charge < -0.3 is 0 Å². The van der Waals surface area contributed by atoms with Crippen LogP contribution in [0.5, 0.6) is 0 Å². The second kappa shape index (κ2) is 6.70. The summed E-state index contributed by atoms with van der Waals surface area (Å²) in [4.78, 5) is 0. The van der Waals surface area contributed by atoms with Gasteiger partial charge >= 0.3 is 6.18 Å². The molecule has 122 valence electrons. The second-order valence-electron chi connectivity index (χ2n) is 7.54. The van der Waals surface area contributed by atoms with E-state index in [2.05, 4.69) is 27.7 Å². The second-order valence-corrected chi connectivity index (χ2v) is 7.54. The average molecular weight is 294 g/mol. The van der Waals surface area contributed by atoms with E-state index >= 15 is 0 Å². The summed E-state index contributed by atoms with van der Waals surface area (Å²) in [5.41, 5.74) is -1.46. The van der Waals surface area contributed by atoms with Gasteiger partial charge in [-0.2, -0.15) is 13.2 Å². The van der Waals surface area contributed by atoms with E-state index in [0.29, 0.717) is 12.3 Å². The summed E-state index contributed by atoms with van der Waals surface area (Å²) in [6.45, 7) is 15.2. The lowest BCUT2D eigenvalue weighted by molar-refractivity contribution is -0.251. The smallest absolute Gasteiger partial charge is 0.170 e. The summed E-state index contributed by atoms with van der Waals surface area (Å²) in [5.74, 6) is -0.257. The van der Waals surface area contributed by atoms with E-state index < -0.39 is 17.5 Å². The first-order chi connectivity index (χ1) is 8.83. The van der Waals surface area contributed by atoms with Crippen molar-refractivity contribution in [1.82, 2.24) is 0 Å². The fraction of sp³-hybridized carbons (Fsp3) is 1.00. The summed E-state index contributed by atoms with van der Waals surface area (Å²) < 4.78 is 40.4. The van der Waals surface area contributed by atoms with Crippen molar-refractivity contribution in [3.05, 3.63) is 0 Å². The number of rotatable bonds is 7. The van der Waals surface area contributed by atoms with E-state index in [1.54, 1.807) is 20.8 Å². The minimum absolute atomic E-state index is 0.137. The molecule has 20 heavy (non-hydrogen) atoms. The van der Waals surface area contributed by atoms with E-state index in [-0.39, 0.29) is 11.3 Å². The molecule has 3 heteroatoms. The summed E-state index contributed by atoms with van der Waals surface area (Å²) in [5, 5.41) is 0. The Morgan fingerprint density at radius 3 is 1.55 bits per heavy atom. The van der Waals surface area contributed by atoms with Gasteiger partial charge in [-0.05, 0) is 36.0 Å². The maximum atomic E-state index is 13.5. The normalized spacial score (nSPS) is 20.9. The zero-order valence-electron chi connectivity index (χ0n) is 14.5. The zero-order chi connectivity index (χ0) is 16.4. The van der Waals surface area contributed by atoms with Crippen molar-refractivity contribution in [2.75, 3.05) is 0 Å². The van der Waals surface area contributed by atoms with Crippen molar-refractivity contribution in [1.29, 1.82) is 0 Å². The molecule has 0 aromatic rings. The lowest BCUT2D eigenvalue weighted by Gasteiger charge is -2.43. The molecule has 0 N–H and O–H groups in total. The van der Waals surface area contributed by atoms with E-state index in [0.717, 1.165) is 12.8 Å². The summed E-state index contributed by atoms with van der Waals surface area (Å²) in [7, 11) is 0. The maximum absolute atomic E-state index is 13.5. The van der Waals surface area contributed by atoms with Crippen molar-refractivity contribution >= 4 is 0 Å².